The quantitative estimate of drug-likeness (QED) is 0.706. The second-order valence-corrected chi connectivity index (χ2v) is 9.35. The molecule has 1 fully saturated rings. The molecular formula is C8H18O6S2. The van der Waals surface area contributed by atoms with Gasteiger partial charge >= 0.3 is 10.4 Å². The summed E-state index contributed by atoms with van der Waals surface area (Å²) in [5.74, 6) is 0.382. The average molecular weight is 274 g/mol. The number of rotatable bonds is 5. The summed E-state index contributed by atoms with van der Waals surface area (Å²) >= 11 is 0. The Bertz CT molecular complexity index is 389. The SMILES string of the molecule is CCOS(=O)(=O)OS1(=O)(CC)CCOCC1. The van der Waals surface area contributed by atoms with Crippen molar-refractivity contribution >= 4 is 19.7 Å². The van der Waals surface area contributed by atoms with E-state index in [1.54, 1.807) is 6.92 Å². The molecule has 98 valence electrons. The Hall–Kier alpha value is -0.0200. The molecule has 0 bridgehead atoms. The highest BCUT2D eigenvalue weighted by molar-refractivity contribution is 8.20. The van der Waals surface area contributed by atoms with Crippen molar-refractivity contribution in [2.45, 2.75) is 13.8 Å². The third kappa shape index (κ3) is 3.24. The van der Waals surface area contributed by atoms with Gasteiger partial charge in [0.2, 0.25) is 0 Å². The van der Waals surface area contributed by atoms with Gasteiger partial charge in [0.05, 0.1) is 31.3 Å². The molecule has 0 aromatic carbocycles. The van der Waals surface area contributed by atoms with Gasteiger partial charge in [-0.15, -0.1) is 3.63 Å². The smallest absolute Gasteiger partial charge is 0.378 e. The van der Waals surface area contributed by atoms with Crippen molar-refractivity contribution in [3.8, 4) is 0 Å². The molecular weight excluding hydrogens is 256 g/mol. The Kier molecular flexibility index (Phi) is 4.12. The standard InChI is InChI=1S/C8H18O6S2/c1-3-13-15(9,10)14-16(11,4-2)7-5-12-6-8-16/h3-8H2,1-2H3. The van der Waals surface area contributed by atoms with Crippen LogP contribution in [0.4, 0.5) is 0 Å². The minimum atomic E-state index is -4.18. The van der Waals surface area contributed by atoms with Crippen LogP contribution in [-0.2, 0) is 32.3 Å². The highest BCUT2D eigenvalue weighted by Gasteiger charge is 2.38. The fraction of sp³-hybridized carbons (Fsp3) is 1.00. The maximum atomic E-state index is 12.7. The van der Waals surface area contributed by atoms with Crippen LogP contribution in [0.15, 0.2) is 0 Å². The van der Waals surface area contributed by atoms with E-state index in [-0.39, 0.29) is 37.1 Å². The Morgan fingerprint density at radius 1 is 1.25 bits per heavy atom. The molecule has 8 heteroatoms. The van der Waals surface area contributed by atoms with Gasteiger partial charge in [-0.25, -0.2) is 8.39 Å². The largest absolute Gasteiger partial charge is 0.417 e. The zero-order valence-corrected chi connectivity index (χ0v) is 11.1. The Morgan fingerprint density at radius 3 is 2.25 bits per heavy atom. The predicted octanol–water partition coefficient (Wildman–Crippen LogP) is 0.0695. The summed E-state index contributed by atoms with van der Waals surface area (Å²) in [5.41, 5.74) is 0. The minimum Gasteiger partial charge on any atom is -0.378 e. The molecule has 0 aromatic heterocycles. The molecule has 0 amide bonds. The van der Waals surface area contributed by atoms with Crippen molar-refractivity contribution in [2.24, 2.45) is 0 Å². The molecule has 0 aliphatic carbocycles. The maximum absolute atomic E-state index is 12.7. The molecule has 0 radical (unpaired) electrons. The van der Waals surface area contributed by atoms with Crippen LogP contribution in [0.5, 0.6) is 0 Å². The van der Waals surface area contributed by atoms with Crippen molar-refractivity contribution < 1.29 is 25.2 Å². The van der Waals surface area contributed by atoms with Gasteiger partial charge in [-0.05, 0) is 13.8 Å². The first-order chi connectivity index (χ1) is 7.33. The van der Waals surface area contributed by atoms with Crippen molar-refractivity contribution in [2.75, 3.05) is 37.1 Å². The van der Waals surface area contributed by atoms with E-state index in [1.807, 2.05) is 0 Å². The highest BCUT2D eigenvalue weighted by Crippen LogP contribution is 2.32. The first-order valence-electron chi connectivity index (χ1n) is 5.15. The van der Waals surface area contributed by atoms with Gasteiger partial charge in [0, 0.05) is 5.75 Å². The van der Waals surface area contributed by atoms with Gasteiger partial charge in [0.25, 0.3) is 0 Å². The van der Waals surface area contributed by atoms with Crippen LogP contribution < -0.4 is 0 Å². The fourth-order valence-electron chi connectivity index (χ4n) is 1.47. The first-order valence-corrected chi connectivity index (χ1v) is 8.88. The van der Waals surface area contributed by atoms with E-state index in [0.29, 0.717) is 0 Å². The summed E-state index contributed by atoms with van der Waals surface area (Å²) in [7, 11) is -7.81. The van der Waals surface area contributed by atoms with E-state index >= 15 is 0 Å². The molecule has 0 spiro atoms. The first kappa shape index (κ1) is 14.0. The molecule has 0 atom stereocenters. The number of hydrogen-bond donors (Lipinski definition) is 0. The van der Waals surface area contributed by atoms with Crippen LogP contribution in [-0.4, -0.2) is 49.7 Å². The van der Waals surface area contributed by atoms with E-state index in [1.165, 1.54) is 6.92 Å². The third-order valence-electron chi connectivity index (χ3n) is 2.53. The topological polar surface area (TPSA) is 78.9 Å². The van der Waals surface area contributed by atoms with E-state index in [0.717, 1.165) is 0 Å². The van der Waals surface area contributed by atoms with Crippen molar-refractivity contribution in [3.05, 3.63) is 0 Å². The van der Waals surface area contributed by atoms with E-state index < -0.39 is 19.7 Å². The normalized spacial score (nSPS) is 26.8. The van der Waals surface area contributed by atoms with Gasteiger partial charge < -0.3 is 4.74 Å². The van der Waals surface area contributed by atoms with Gasteiger partial charge in [-0.2, -0.15) is 17.8 Å². The van der Waals surface area contributed by atoms with Crippen LogP contribution in [0.2, 0.25) is 0 Å². The molecule has 1 heterocycles. The van der Waals surface area contributed by atoms with Crippen LogP contribution >= 0.6 is 0 Å². The lowest BCUT2D eigenvalue weighted by molar-refractivity contribution is 0.151. The fourth-order valence-corrected chi connectivity index (χ4v) is 6.30. The molecule has 1 aliphatic rings. The van der Waals surface area contributed by atoms with E-state index in [4.69, 9.17) is 8.37 Å². The highest BCUT2D eigenvalue weighted by atomic mass is 32.3. The van der Waals surface area contributed by atoms with E-state index in [9.17, 15) is 12.6 Å². The zero-order valence-electron chi connectivity index (χ0n) is 9.51. The second-order valence-electron chi connectivity index (χ2n) is 3.58. The molecule has 0 unspecified atom stereocenters. The summed E-state index contributed by atoms with van der Waals surface area (Å²) in [6.07, 6.45) is 0. The third-order valence-corrected chi connectivity index (χ3v) is 8.54. The molecule has 1 saturated heterocycles. The van der Waals surface area contributed by atoms with Crippen molar-refractivity contribution in [1.82, 2.24) is 0 Å². The van der Waals surface area contributed by atoms with Crippen molar-refractivity contribution in [1.29, 1.82) is 0 Å². The molecule has 1 rings (SSSR count). The lowest BCUT2D eigenvalue weighted by atomic mass is 10.8. The van der Waals surface area contributed by atoms with E-state index in [2.05, 4.69) is 4.18 Å². The summed E-state index contributed by atoms with van der Waals surface area (Å²) in [4.78, 5) is 0. The zero-order chi connectivity index (χ0) is 12.3. The van der Waals surface area contributed by atoms with Crippen LogP contribution in [0.25, 0.3) is 0 Å². The monoisotopic (exact) mass is 274 g/mol. The van der Waals surface area contributed by atoms with Gasteiger partial charge in [-0.3, -0.25) is 0 Å². The molecule has 6 nitrogen and oxygen atoms in total. The van der Waals surface area contributed by atoms with Gasteiger partial charge in [0.15, 0.2) is 0 Å². The lowest BCUT2D eigenvalue weighted by Crippen LogP contribution is -2.52. The molecule has 16 heavy (non-hydrogen) atoms. The van der Waals surface area contributed by atoms with Crippen LogP contribution in [0.3, 0.4) is 0 Å². The van der Waals surface area contributed by atoms with Crippen molar-refractivity contribution in [3.63, 3.8) is 0 Å². The summed E-state index contributed by atoms with van der Waals surface area (Å²) in [6, 6.07) is 0. The van der Waals surface area contributed by atoms with Crippen LogP contribution in [0, 0.1) is 0 Å². The maximum Gasteiger partial charge on any atom is 0.417 e. The summed E-state index contributed by atoms with van der Waals surface area (Å²) < 4.78 is 49.9. The summed E-state index contributed by atoms with van der Waals surface area (Å²) in [6.45, 7) is 3.65. The Labute approximate surface area is 96.2 Å². The molecule has 0 aromatic rings. The van der Waals surface area contributed by atoms with Crippen LogP contribution in [0.1, 0.15) is 13.8 Å². The predicted molar refractivity (Wildman–Crippen MR) is 60.9 cm³/mol. The minimum absolute atomic E-state index is 0.0363. The molecule has 0 N–H and O–H groups in total. The second kappa shape index (κ2) is 4.69. The molecule has 1 aliphatic heterocycles. The van der Waals surface area contributed by atoms with Gasteiger partial charge in [0.1, 0.15) is 0 Å². The number of hydrogen-bond acceptors (Lipinski definition) is 6. The Morgan fingerprint density at radius 2 is 1.81 bits per heavy atom. The summed E-state index contributed by atoms with van der Waals surface area (Å²) in [5, 5.41) is 0. The lowest BCUT2D eigenvalue weighted by Gasteiger charge is -2.47. The van der Waals surface area contributed by atoms with Gasteiger partial charge in [-0.1, -0.05) is 0 Å². The average Bonchev–Trinajstić information content (AvgIpc) is 2.17. The molecule has 0 saturated carbocycles. The number of ether oxygens (including phenoxy) is 1. The Balaban J connectivity index is 2.93.